The van der Waals surface area contributed by atoms with Gasteiger partial charge in [0.25, 0.3) is 11.8 Å². The van der Waals surface area contributed by atoms with Crippen LogP contribution in [0.2, 0.25) is 10.0 Å². The van der Waals surface area contributed by atoms with Crippen molar-refractivity contribution in [3.63, 3.8) is 0 Å². The molecule has 4 bridgehead atoms. The smallest absolute Gasteiger partial charge is 0.264 e. The summed E-state index contributed by atoms with van der Waals surface area (Å²) in [6, 6.07) is 22.5. The van der Waals surface area contributed by atoms with E-state index in [1.54, 1.807) is 62.4 Å². The highest BCUT2D eigenvalue weighted by atomic mass is 35.5. The molecule has 2 saturated carbocycles. The Labute approximate surface area is 516 Å². The Morgan fingerprint density at radius 2 is 1.01 bits per heavy atom. The van der Waals surface area contributed by atoms with Crippen molar-refractivity contribution < 1.29 is 56.3 Å². The number of anilines is 2. The second-order valence-corrected chi connectivity index (χ2v) is 30.7. The number of ether oxygens (including phenoxy) is 2. The van der Waals surface area contributed by atoms with E-state index in [9.17, 15) is 46.9 Å². The zero-order valence-corrected chi connectivity index (χ0v) is 52.2. The van der Waals surface area contributed by atoms with Gasteiger partial charge in [-0.25, -0.2) is 26.3 Å². The lowest BCUT2D eigenvalue weighted by atomic mass is 9.68. The number of fused-ring (bicyclic) bond motifs is 8. The van der Waals surface area contributed by atoms with E-state index >= 15 is 0 Å². The molecular weight excluding hydrogens is 1180 g/mol. The number of aryl methyl sites for hydroxylation is 2. The fourth-order valence-electron chi connectivity index (χ4n) is 15.0. The Morgan fingerprint density at radius 3 is 1.40 bits per heavy atom. The molecule has 8 aliphatic rings. The summed E-state index contributed by atoms with van der Waals surface area (Å²) in [5.41, 5.74) is 6.37. The van der Waals surface area contributed by atoms with E-state index in [1.807, 2.05) is 24.3 Å². The summed E-state index contributed by atoms with van der Waals surface area (Å²) in [6.07, 6.45) is 15.2. The minimum absolute atomic E-state index is 0.00425. The molecule has 2 spiro atoms. The first-order chi connectivity index (χ1) is 41.1. The number of carbonyl (C=O) groups is 2. The number of benzene rings is 4. The standard InChI is InChI=1S/2C33H41ClN2O6S/c2*1-21(37)15-26-6-2-3-7-30(38)27-11-8-24(27)18-36-19-33(14-4-5-22-16-25(34)10-12-28(22)33)20-42-31-13-9-23(17-29(31)36)32(39)35-43(26,40)41/h2*3,7,9-10,12-13,16-17,21,24,26-27,30,37-38H,2,4-6,8,11,14-15,18-20H2,1H3,(H,35,39)/b2*7-3+/t21-,24+,26+,27-,30+,33+;21-,24+,26-,27-,30+,33+/m11/s1. The lowest BCUT2D eigenvalue weighted by Gasteiger charge is -2.45. The van der Waals surface area contributed by atoms with Gasteiger partial charge in [0.2, 0.25) is 20.0 Å². The number of nitrogens with one attached hydrogen (secondary N) is 2. The molecule has 2 fully saturated rings. The normalized spacial score (nSPS) is 31.8. The molecule has 0 saturated heterocycles. The van der Waals surface area contributed by atoms with Crippen LogP contribution in [-0.4, -0.2) is 123 Å². The van der Waals surface area contributed by atoms with Crippen molar-refractivity contribution in [2.24, 2.45) is 23.7 Å². The molecule has 2 amide bonds. The summed E-state index contributed by atoms with van der Waals surface area (Å²) in [4.78, 5) is 31.4. The molecule has 4 aromatic carbocycles. The fourth-order valence-corrected chi connectivity index (χ4v) is 18.5. The number of halogens is 2. The Bertz CT molecular complexity index is 3250. The van der Waals surface area contributed by atoms with Gasteiger partial charge in [0.05, 0.1) is 59.5 Å². The number of carbonyl (C=O) groups excluding carboxylic acids is 2. The molecule has 4 heterocycles. The topological polar surface area (TPSA) is 232 Å². The lowest BCUT2D eigenvalue weighted by molar-refractivity contribution is 0.0454. The molecule has 6 N–H and O–H groups in total. The van der Waals surface area contributed by atoms with E-state index in [0.29, 0.717) is 63.7 Å². The van der Waals surface area contributed by atoms with Crippen LogP contribution in [-0.2, 0) is 43.7 Å². The van der Waals surface area contributed by atoms with Crippen molar-refractivity contribution in [2.75, 3.05) is 49.2 Å². The highest BCUT2D eigenvalue weighted by molar-refractivity contribution is 7.91. The van der Waals surface area contributed by atoms with Gasteiger partial charge in [-0.2, -0.15) is 0 Å². The Kier molecular flexibility index (Phi) is 18.7. The van der Waals surface area contributed by atoms with Gasteiger partial charge in [-0.15, -0.1) is 0 Å². The predicted octanol–water partition coefficient (Wildman–Crippen LogP) is 9.50. The largest absolute Gasteiger partial charge is 0.490 e. The second-order valence-electron chi connectivity index (χ2n) is 25.9. The molecule has 86 heavy (non-hydrogen) atoms. The van der Waals surface area contributed by atoms with E-state index in [-0.39, 0.29) is 71.3 Å². The van der Waals surface area contributed by atoms with Crippen LogP contribution in [0.3, 0.4) is 0 Å². The molecule has 4 aromatic rings. The third-order valence-electron chi connectivity index (χ3n) is 19.9. The molecule has 0 unspecified atom stereocenters. The number of aliphatic hydroxyl groups is 4. The van der Waals surface area contributed by atoms with Crippen LogP contribution >= 0.6 is 23.2 Å². The Hall–Kier alpha value is -5.18. The SMILES string of the molecule is C[C@@H](O)C[C@@H]1CC/C=C/[C@H](O)[C@@H]2CC[C@H]2CN2C[C@@]3(CCCc4cc(Cl)ccc43)COc3ccc(cc32)C(=O)NS1(=O)=O.C[C@@H](O)C[C@H]1CC/C=C/[C@H](O)[C@@H]2CC[C@H]2CN2C[C@@]3(CCCc4cc(Cl)ccc43)COc3ccc(cc32)C(=O)NS1(=O)=O. The molecule has 12 rings (SSSR count). The van der Waals surface area contributed by atoms with E-state index < -0.39 is 66.8 Å². The lowest BCUT2D eigenvalue weighted by Crippen LogP contribution is -2.49. The number of sulfonamides is 2. The van der Waals surface area contributed by atoms with Gasteiger partial charge in [0.1, 0.15) is 11.5 Å². The number of allylic oxidation sites excluding steroid dienone is 2. The molecule has 4 aliphatic carbocycles. The van der Waals surface area contributed by atoms with E-state index in [1.165, 1.54) is 22.3 Å². The van der Waals surface area contributed by atoms with E-state index in [0.717, 1.165) is 85.6 Å². The predicted molar refractivity (Wildman–Crippen MR) is 335 cm³/mol. The molecule has 20 heteroatoms. The van der Waals surface area contributed by atoms with Crippen molar-refractivity contribution in [1.82, 2.24) is 9.44 Å². The molecule has 0 radical (unpaired) electrons. The maximum atomic E-state index is 13.4. The van der Waals surface area contributed by atoms with Crippen molar-refractivity contribution in [3.8, 4) is 11.5 Å². The van der Waals surface area contributed by atoms with Crippen molar-refractivity contribution >= 4 is 66.4 Å². The fraction of sp³-hybridized carbons (Fsp3) is 0.545. The number of hydrogen-bond acceptors (Lipinski definition) is 14. The third kappa shape index (κ3) is 13.4. The van der Waals surface area contributed by atoms with Gasteiger partial charge in [-0.1, -0.05) is 59.6 Å². The summed E-state index contributed by atoms with van der Waals surface area (Å²) in [5, 5.41) is 41.8. The van der Waals surface area contributed by atoms with Gasteiger partial charge >= 0.3 is 0 Å². The van der Waals surface area contributed by atoms with E-state index in [4.69, 9.17) is 32.7 Å². The maximum absolute atomic E-state index is 13.4. The van der Waals surface area contributed by atoms with Gasteiger partial charge in [0, 0.05) is 58.2 Å². The summed E-state index contributed by atoms with van der Waals surface area (Å²) < 4.78 is 70.9. The number of rotatable bonds is 4. The van der Waals surface area contributed by atoms with Crippen LogP contribution in [0.5, 0.6) is 11.5 Å². The molecule has 0 aromatic heterocycles. The highest BCUT2D eigenvalue weighted by Crippen LogP contribution is 2.49. The Morgan fingerprint density at radius 1 is 0.593 bits per heavy atom. The highest BCUT2D eigenvalue weighted by Gasteiger charge is 2.47. The monoisotopic (exact) mass is 1260 g/mol. The van der Waals surface area contributed by atoms with E-state index in [2.05, 4.69) is 43.5 Å². The van der Waals surface area contributed by atoms with Crippen LogP contribution in [0.1, 0.15) is 147 Å². The van der Waals surface area contributed by atoms with Crippen molar-refractivity contribution in [3.05, 3.63) is 141 Å². The molecule has 16 nitrogen and oxygen atoms in total. The van der Waals surface area contributed by atoms with Crippen LogP contribution in [0.15, 0.2) is 97.1 Å². The summed E-state index contributed by atoms with van der Waals surface area (Å²) in [6.45, 7) is 6.76. The molecule has 12 atom stereocenters. The van der Waals surface area contributed by atoms with Gasteiger partial charge in [0.15, 0.2) is 0 Å². The van der Waals surface area contributed by atoms with Crippen LogP contribution < -0.4 is 28.7 Å². The first-order valence-corrected chi connectivity index (χ1v) is 34.7. The van der Waals surface area contributed by atoms with Crippen molar-refractivity contribution in [2.45, 2.75) is 162 Å². The van der Waals surface area contributed by atoms with Crippen molar-refractivity contribution in [1.29, 1.82) is 0 Å². The minimum atomic E-state index is -4.08. The number of amides is 2. The van der Waals surface area contributed by atoms with Gasteiger partial charge < -0.3 is 39.7 Å². The summed E-state index contributed by atoms with van der Waals surface area (Å²) >= 11 is 12.8. The molecule has 464 valence electrons. The quantitative estimate of drug-likeness (QED) is 0.105. The zero-order chi connectivity index (χ0) is 60.7. The van der Waals surface area contributed by atoms with Gasteiger partial charge in [-0.3, -0.25) is 9.59 Å². The number of nitrogens with zero attached hydrogens (tertiary/aromatic N) is 2. The van der Waals surface area contributed by atoms with Crippen LogP contribution in [0, 0.1) is 23.7 Å². The average Bonchev–Trinajstić information content (AvgIpc) is 1.55. The maximum Gasteiger partial charge on any atom is 0.264 e. The third-order valence-corrected chi connectivity index (χ3v) is 23.9. The first-order valence-electron chi connectivity index (χ1n) is 30.9. The Balaban J connectivity index is 0.000000179. The summed E-state index contributed by atoms with van der Waals surface area (Å²) in [7, 11) is -8.16. The van der Waals surface area contributed by atoms with Crippen LogP contribution in [0.25, 0.3) is 0 Å². The van der Waals surface area contributed by atoms with Crippen LogP contribution in [0.4, 0.5) is 11.4 Å². The minimum Gasteiger partial charge on any atom is -0.490 e. The molecular formula is C66H82Cl2N4O12S2. The molecule has 4 aliphatic heterocycles. The number of hydrogen-bond donors (Lipinski definition) is 6. The zero-order valence-electron chi connectivity index (χ0n) is 49.1. The number of aliphatic hydroxyl groups excluding tert-OH is 4. The first kappa shape index (κ1) is 62.4. The summed E-state index contributed by atoms with van der Waals surface area (Å²) in [5.74, 6) is 0.601. The average molecular weight is 1260 g/mol. The van der Waals surface area contributed by atoms with Gasteiger partial charge in [-0.05, 0) is 223 Å². The second kappa shape index (κ2) is 25.7.